The number of amides is 1. The Morgan fingerprint density at radius 2 is 1.88 bits per heavy atom. The van der Waals surface area contributed by atoms with Crippen LogP contribution in [0.2, 0.25) is 15.1 Å². The van der Waals surface area contributed by atoms with Gasteiger partial charge < -0.3 is 9.88 Å². The van der Waals surface area contributed by atoms with E-state index in [4.69, 9.17) is 34.8 Å². The summed E-state index contributed by atoms with van der Waals surface area (Å²) < 4.78 is 1.98. The molecule has 0 saturated carbocycles. The van der Waals surface area contributed by atoms with Gasteiger partial charge in [-0.2, -0.15) is 0 Å². The Morgan fingerprint density at radius 3 is 2.55 bits per heavy atom. The number of hydrogen-bond donors (Lipinski definition) is 1. The highest BCUT2D eigenvalue weighted by molar-refractivity contribution is 7.98. The number of nitrogens with one attached hydrogen (secondary N) is 1. The van der Waals surface area contributed by atoms with Gasteiger partial charge >= 0.3 is 0 Å². The highest BCUT2D eigenvalue weighted by Gasteiger charge is 2.25. The molecule has 0 saturated heterocycles. The summed E-state index contributed by atoms with van der Waals surface area (Å²) in [6, 6.07) is 12.2. The van der Waals surface area contributed by atoms with Crippen molar-refractivity contribution in [1.29, 1.82) is 0 Å². The normalized spacial score (nSPS) is 12.1. The average molecular weight is 524 g/mol. The standard InChI is InChI=1S/C24H25Cl3N4OS/c1-4-11-31-22(29-30-24(31)33-14-16-9-10-19(26)20(27)13-16)21(12-15(2)3)28-23(32)17-7-5-6-8-18(17)25/h4-10,13,15,21H,1,11-12,14H2,2-3H3,(H,28,32)/t21-/m1/s1. The number of carbonyl (C=O) groups excluding carboxylic acids is 1. The van der Waals surface area contributed by atoms with E-state index in [1.807, 2.05) is 16.7 Å². The summed E-state index contributed by atoms with van der Waals surface area (Å²) in [6.45, 7) is 8.59. The van der Waals surface area contributed by atoms with Gasteiger partial charge in [-0.1, -0.05) is 84.7 Å². The van der Waals surface area contributed by atoms with Gasteiger partial charge in [0.25, 0.3) is 5.91 Å². The number of benzene rings is 2. The molecule has 0 aliphatic rings. The molecule has 0 aliphatic carbocycles. The number of thioether (sulfide) groups is 1. The van der Waals surface area contributed by atoms with Crippen LogP contribution in [0.4, 0.5) is 0 Å². The van der Waals surface area contributed by atoms with Gasteiger partial charge in [0, 0.05) is 12.3 Å². The van der Waals surface area contributed by atoms with Crippen molar-refractivity contribution >= 4 is 52.5 Å². The van der Waals surface area contributed by atoms with Crippen molar-refractivity contribution < 1.29 is 4.79 Å². The molecule has 3 rings (SSSR count). The summed E-state index contributed by atoms with van der Waals surface area (Å²) in [5.41, 5.74) is 1.45. The van der Waals surface area contributed by atoms with E-state index in [2.05, 4.69) is 35.9 Å². The van der Waals surface area contributed by atoms with E-state index in [1.54, 1.807) is 36.4 Å². The van der Waals surface area contributed by atoms with Crippen molar-refractivity contribution in [2.24, 2.45) is 5.92 Å². The molecule has 1 heterocycles. The lowest BCUT2D eigenvalue weighted by molar-refractivity contribution is 0.0929. The summed E-state index contributed by atoms with van der Waals surface area (Å²) in [4.78, 5) is 13.0. The maximum absolute atomic E-state index is 13.0. The molecule has 3 aromatic rings. The highest BCUT2D eigenvalue weighted by atomic mass is 35.5. The molecule has 0 bridgehead atoms. The topological polar surface area (TPSA) is 59.8 Å². The second kappa shape index (κ2) is 11.9. The lowest BCUT2D eigenvalue weighted by Crippen LogP contribution is -2.31. The predicted molar refractivity (Wildman–Crippen MR) is 137 cm³/mol. The second-order valence-corrected chi connectivity index (χ2v) is 10.1. The zero-order valence-corrected chi connectivity index (χ0v) is 21.5. The molecule has 1 atom stereocenters. The lowest BCUT2D eigenvalue weighted by Gasteiger charge is -2.21. The van der Waals surface area contributed by atoms with Crippen LogP contribution >= 0.6 is 46.6 Å². The molecule has 2 aromatic carbocycles. The van der Waals surface area contributed by atoms with Gasteiger partial charge in [0.2, 0.25) is 0 Å². The van der Waals surface area contributed by atoms with E-state index in [0.29, 0.717) is 51.1 Å². The van der Waals surface area contributed by atoms with E-state index in [-0.39, 0.29) is 11.9 Å². The van der Waals surface area contributed by atoms with Crippen LogP contribution in [0, 0.1) is 5.92 Å². The van der Waals surface area contributed by atoms with Gasteiger partial charge in [0.15, 0.2) is 11.0 Å². The molecule has 0 radical (unpaired) electrons. The van der Waals surface area contributed by atoms with Crippen molar-refractivity contribution in [3.05, 3.63) is 87.1 Å². The van der Waals surface area contributed by atoms with Crippen molar-refractivity contribution in [3.63, 3.8) is 0 Å². The van der Waals surface area contributed by atoms with Crippen LogP contribution in [0.5, 0.6) is 0 Å². The first-order valence-corrected chi connectivity index (χ1v) is 12.6. The predicted octanol–water partition coefficient (Wildman–Crippen LogP) is 7.23. The third kappa shape index (κ3) is 6.76. The number of halogens is 3. The Morgan fingerprint density at radius 1 is 1.12 bits per heavy atom. The average Bonchev–Trinajstić information content (AvgIpc) is 3.17. The van der Waals surface area contributed by atoms with Crippen LogP contribution in [0.25, 0.3) is 0 Å². The maximum atomic E-state index is 13.0. The maximum Gasteiger partial charge on any atom is 0.253 e. The Kier molecular flexibility index (Phi) is 9.27. The minimum absolute atomic E-state index is 0.246. The van der Waals surface area contributed by atoms with E-state index >= 15 is 0 Å². The van der Waals surface area contributed by atoms with E-state index < -0.39 is 0 Å². The monoisotopic (exact) mass is 522 g/mol. The van der Waals surface area contributed by atoms with Gasteiger partial charge in [0.1, 0.15) is 0 Å². The fourth-order valence-corrected chi connectivity index (χ4v) is 4.76. The third-order valence-corrected chi connectivity index (χ3v) is 6.96. The SMILES string of the molecule is C=CCn1c(SCc2ccc(Cl)c(Cl)c2)nnc1[C@@H](CC(C)C)NC(=O)c1ccccc1Cl. The molecule has 1 aromatic heterocycles. The minimum atomic E-state index is -0.333. The molecule has 1 amide bonds. The number of rotatable bonds is 10. The fourth-order valence-electron chi connectivity index (χ4n) is 3.32. The molecule has 5 nitrogen and oxygen atoms in total. The zero-order chi connectivity index (χ0) is 24.0. The molecule has 0 aliphatic heterocycles. The minimum Gasteiger partial charge on any atom is -0.342 e. The van der Waals surface area contributed by atoms with Gasteiger partial charge in [-0.15, -0.1) is 16.8 Å². The first kappa shape index (κ1) is 25.6. The van der Waals surface area contributed by atoms with Crippen LogP contribution in [0.15, 0.2) is 60.3 Å². The summed E-state index contributed by atoms with van der Waals surface area (Å²) >= 11 is 19.9. The first-order chi connectivity index (χ1) is 15.8. The Balaban J connectivity index is 1.86. The van der Waals surface area contributed by atoms with E-state index in [0.717, 1.165) is 10.7 Å². The Bertz CT molecular complexity index is 1130. The van der Waals surface area contributed by atoms with Gasteiger partial charge in [-0.25, -0.2) is 0 Å². The smallest absolute Gasteiger partial charge is 0.253 e. The number of nitrogens with zero attached hydrogens (tertiary/aromatic N) is 3. The number of carbonyl (C=O) groups is 1. The largest absolute Gasteiger partial charge is 0.342 e. The van der Waals surface area contributed by atoms with E-state index in [1.165, 1.54) is 11.8 Å². The molecular formula is C24H25Cl3N4OS. The summed E-state index contributed by atoms with van der Waals surface area (Å²) in [7, 11) is 0. The van der Waals surface area contributed by atoms with Crippen LogP contribution in [-0.4, -0.2) is 20.7 Å². The summed E-state index contributed by atoms with van der Waals surface area (Å²) in [5.74, 6) is 1.40. The van der Waals surface area contributed by atoms with Gasteiger partial charge in [0.05, 0.1) is 26.7 Å². The number of hydrogen-bond acceptors (Lipinski definition) is 4. The molecular weight excluding hydrogens is 499 g/mol. The second-order valence-electron chi connectivity index (χ2n) is 7.91. The fraction of sp³-hybridized carbons (Fsp3) is 0.292. The van der Waals surface area contributed by atoms with Crippen molar-refractivity contribution in [3.8, 4) is 0 Å². The van der Waals surface area contributed by atoms with Crippen molar-refractivity contribution in [2.45, 2.75) is 43.8 Å². The third-order valence-electron chi connectivity index (χ3n) is 4.85. The molecule has 0 fully saturated rings. The van der Waals surface area contributed by atoms with Crippen LogP contribution in [0.3, 0.4) is 0 Å². The first-order valence-electron chi connectivity index (χ1n) is 10.5. The summed E-state index contributed by atoms with van der Waals surface area (Å²) in [6.07, 6.45) is 2.49. The van der Waals surface area contributed by atoms with Crippen molar-refractivity contribution in [1.82, 2.24) is 20.1 Å². The number of allylic oxidation sites excluding steroid dienone is 1. The molecule has 174 valence electrons. The Hall–Kier alpha value is -1.99. The molecule has 9 heteroatoms. The van der Waals surface area contributed by atoms with Gasteiger partial charge in [-0.05, 0) is 42.2 Å². The van der Waals surface area contributed by atoms with Crippen LogP contribution in [-0.2, 0) is 12.3 Å². The van der Waals surface area contributed by atoms with Crippen LogP contribution in [0.1, 0.15) is 48.1 Å². The van der Waals surface area contributed by atoms with Crippen molar-refractivity contribution in [2.75, 3.05) is 0 Å². The number of aromatic nitrogens is 3. The quantitative estimate of drug-likeness (QED) is 0.225. The highest BCUT2D eigenvalue weighted by Crippen LogP contribution is 2.30. The molecule has 0 spiro atoms. The van der Waals surface area contributed by atoms with Gasteiger partial charge in [-0.3, -0.25) is 4.79 Å². The lowest BCUT2D eigenvalue weighted by atomic mass is 10.0. The Labute approximate surface area is 213 Å². The summed E-state index contributed by atoms with van der Waals surface area (Å²) in [5, 5.41) is 14.1. The van der Waals surface area contributed by atoms with Crippen LogP contribution < -0.4 is 5.32 Å². The van der Waals surface area contributed by atoms with E-state index in [9.17, 15) is 4.79 Å². The zero-order valence-electron chi connectivity index (χ0n) is 18.4. The molecule has 0 unspecified atom stereocenters. The molecule has 1 N–H and O–H groups in total. The molecule has 33 heavy (non-hydrogen) atoms.